The summed E-state index contributed by atoms with van der Waals surface area (Å²) in [6.07, 6.45) is 2.56. The van der Waals surface area contributed by atoms with Crippen LogP contribution in [0, 0.1) is 5.41 Å². The Bertz CT molecular complexity index is 356. The predicted molar refractivity (Wildman–Crippen MR) is 70.7 cm³/mol. The van der Waals surface area contributed by atoms with E-state index in [1.54, 1.807) is 17.5 Å². The second-order valence-corrected chi connectivity index (χ2v) is 6.11. The highest BCUT2D eigenvalue weighted by atomic mass is 32.1. The van der Waals surface area contributed by atoms with E-state index < -0.39 is 6.04 Å². The van der Waals surface area contributed by atoms with Crippen molar-refractivity contribution in [3.8, 4) is 0 Å². The molecule has 1 aromatic rings. The molecule has 0 spiro atoms. The Morgan fingerprint density at radius 3 is 2.65 bits per heavy atom. The zero-order valence-corrected chi connectivity index (χ0v) is 11.7. The van der Waals surface area contributed by atoms with E-state index in [1.165, 1.54) is 0 Å². The van der Waals surface area contributed by atoms with Crippen molar-refractivity contribution in [2.24, 2.45) is 11.1 Å². The van der Waals surface area contributed by atoms with Gasteiger partial charge in [0.2, 0.25) is 5.91 Å². The first-order valence-electron chi connectivity index (χ1n) is 5.81. The summed E-state index contributed by atoms with van der Waals surface area (Å²) in [5.74, 6) is -0.112. The molecule has 17 heavy (non-hydrogen) atoms. The van der Waals surface area contributed by atoms with Gasteiger partial charge in [-0.15, -0.1) is 11.3 Å². The molecule has 5 heteroatoms. The third kappa shape index (κ3) is 3.78. The summed E-state index contributed by atoms with van der Waals surface area (Å²) in [7, 11) is 0. The lowest BCUT2D eigenvalue weighted by atomic mass is 9.87. The fourth-order valence-corrected chi connectivity index (χ4v) is 2.17. The number of amides is 1. The maximum Gasteiger partial charge on any atom is 0.238 e. The largest absolute Gasteiger partial charge is 0.346 e. The summed E-state index contributed by atoms with van der Waals surface area (Å²) in [5.41, 5.74) is 5.69. The van der Waals surface area contributed by atoms with Crippen molar-refractivity contribution in [3.63, 3.8) is 0 Å². The van der Waals surface area contributed by atoms with Gasteiger partial charge in [0.15, 0.2) is 0 Å². The quantitative estimate of drug-likeness (QED) is 0.865. The minimum Gasteiger partial charge on any atom is -0.346 e. The molecule has 0 aliphatic carbocycles. The molecule has 1 heterocycles. The number of hydrogen-bond donors (Lipinski definition) is 2. The van der Waals surface area contributed by atoms with Gasteiger partial charge in [0, 0.05) is 11.6 Å². The normalized spacial score (nSPS) is 15.4. The molecule has 0 aliphatic rings. The van der Waals surface area contributed by atoms with Gasteiger partial charge in [0.1, 0.15) is 5.01 Å². The Balaban J connectivity index is 2.67. The SMILES string of the molecule is CCC(NC(=O)[C@@H](N)C(C)(C)C)c1nccs1. The second-order valence-electron chi connectivity index (χ2n) is 5.18. The van der Waals surface area contributed by atoms with Gasteiger partial charge in [0.25, 0.3) is 0 Å². The van der Waals surface area contributed by atoms with Crippen molar-refractivity contribution in [3.05, 3.63) is 16.6 Å². The molecule has 96 valence electrons. The first-order chi connectivity index (χ1) is 7.86. The van der Waals surface area contributed by atoms with Gasteiger partial charge in [-0.25, -0.2) is 4.98 Å². The summed E-state index contributed by atoms with van der Waals surface area (Å²) < 4.78 is 0. The molecule has 1 amide bonds. The average molecular weight is 255 g/mol. The minimum absolute atomic E-state index is 0.0316. The van der Waals surface area contributed by atoms with Crippen LogP contribution in [0.4, 0.5) is 0 Å². The molecule has 0 fully saturated rings. The number of nitrogens with one attached hydrogen (secondary N) is 1. The van der Waals surface area contributed by atoms with Crippen LogP contribution in [0.1, 0.15) is 45.2 Å². The van der Waals surface area contributed by atoms with Crippen molar-refractivity contribution < 1.29 is 4.79 Å². The molecule has 0 saturated heterocycles. The highest BCUT2D eigenvalue weighted by Gasteiger charge is 2.29. The molecule has 4 nitrogen and oxygen atoms in total. The van der Waals surface area contributed by atoms with E-state index in [2.05, 4.69) is 10.3 Å². The highest BCUT2D eigenvalue weighted by molar-refractivity contribution is 7.09. The number of aromatic nitrogens is 1. The van der Waals surface area contributed by atoms with Crippen molar-refractivity contribution >= 4 is 17.2 Å². The lowest BCUT2D eigenvalue weighted by Crippen LogP contribution is -2.49. The number of nitrogens with two attached hydrogens (primary N) is 1. The molecule has 0 radical (unpaired) electrons. The molecule has 2 atom stereocenters. The Hall–Kier alpha value is -0.940. The zero-order valence-electron chi connectivity index (χ0n) is 10.9. The van der Waals surface area contributed by atoms with Crippen LogP contribution < -0.4 is 11.1 Å². The molecular weight excluding hydrogens is 234 g/mol. The number of carbonyl (C=O) groups excluding carboxylic acids is 1. The van der Waals surface area contributed by atoms with Crippen molar-refractivity contribution in [1.29, 1.82) is 0 Å². The molecule has 0 bridgehead atoms. The van der Waals surface area contributed by atoms with E-state index in [0.29, 0.717) is 0 Å². The number of nitrogens with zero attached hydrogens (tertiary/aromatic N) is 1. The minimum atomic E-state index is -0.503. The summed E-state index contributed by atoms with van der Waals surface area (Å²) in [4.78, 5) is 16.2. The second kappa shape index (κ2) is 5.60. The van der Waals surface area contributed by atoms with E-state index in [-0.39, 0.29) is 17.4 Å². The van der Waals surface area contributed by atoms with E-state index in [9.17, 15) is 4.79 Å². The molecule has 0 aliphatic heterocycles. The first-order valence-corrected chi connectivity index (χ1v) is 6.69. The maximum atomic E-state index is 12.0. The van der Waals surface area contributed by atoms with Crippen LogP contribution in [0.2, 0.25) is 0 Å². The highest BCUT2D eigenvalue weighted by Crippen LogP contribution is 2.21. The van der Waals surface area contributed by atoms with Gasteiger partial charge in [-0.1, -0.05) is 27.7 Å². The Morgan fingerprint density at radius 2 is 2.24 bits per heavy atom. The predicted octanol–water partition coefficient (Wildman–Crippen LogP) is 2.08. The monoisotopic (exact) mass is 255 g/mol. The summed E-state index contributed by atoms with van der Waals surface area (Å²) in [5, 5.41) is 5.80. The van der Waals surface area contributed by atoms with Crippen LogP contribution in [0.25, 0.3) is 0 Å². The standard InChI is InChI=1S/C12H21N3OS/c1-5-8(11-14-6-7-17-11)15-10(16)9(13)12(2,3)4/h6-9H,5,13H2,1-4H3,(H,15,16)/t8?,9-/m1/s1. The summed E-state index contributed by atoms with van der Waals surface area (Å²) >= 11 is 1.55. The average Bonchev–Trinajstić information content (AvgIpc) is 2.76. The Morgan fingerprint density at radius 1 is 1.59 bits per heavy atom. The topological polar surface area (TPSA) is 68.0 Å². The summed E-state index contributed by atoms with van der Waals surface area (Å²) in [6, 6.07) is -0.535. The van der Waals surface area contributed by atoms with Crippen LogP contribution in [-0.2, 0) is 4.79 Å². The van der Waals surface area contributed by atoms with Crippen molar-refractivity contribution in [2.45, 2.75) is 46.2 Å². The van der Waals surface area contributed by atoms with Gasteiger partial charge in [-0.2, -0.15) is 0 Å². The maximum absolute atomic E-state index is 12.0. The lowest BCUT2D eigenvalue weighted by molar-refractivity contribution is -0.125. The van der Waals surface area contributed by atoms with Gasteiger partial charge in [-0.05, 0) is 11.8 Å². The van der Waals surface area contributed by atoms with E-state index >= 15 is 0 Å². The lowest BCUT2D eigenvalue weighted by Gasteiger charge is -2.27. The fraction of sp³-hybridized carbons (Fsp3) is 0.667. The van der Waals surface area contributed by atoms with Gasteiger partial charge in [0.05, 0.1) is 12.1 Å². The molecule has 1 rings (SSSR count). The molecule has 0 saturated carbocycles. The van der Waals surface area contributed by atoms with E-state index in [1.807, 2.05) is 33.1 Å². The first kappa shape index (κ1) is 14.1. The van der Waals surface area contributed by atoms with Crippen LogP contribution in [-0.4, -0.2) is 16.9 Å². The summed E-state index contributed by atoms with van der Waals surface area (Å²) in [6.45, 7) is 7.90. The number of thiazole rings is 1. The van der Waals surface area contributed by atoms with Crippen LogP contribution in [0.5, 0.6) is 0 Å². The zero-order chi connectivity index (χ0) is 13.1. The number of rotatable bonds is 4. The molecular formula is C12H21N3OS. The van der Waals surface area contributed by atoms with Gasteiger partial charge >= 0.3 is 0 Å². The van der Waals surface area contributed by atoms with Gasteiger partial charge < -0.3 is 11.1 Å². The molecule has 0 aromatic carbocycles. The number of carbonyl (C=O) groups is 1. The third-order valence-electron chi connectivity index (χ3n) is 2.69. The number of hydrogen-bond acceptors (Lipinski definition) is 4. The van der Waals surface area contributed by atoms with E-state index in [0.717, 1.165) is 11.4 Å². The van der Waals surface area contributed by atoms with E-state index in [4.69, 9.17) is 5.73 Å². The van der Waals surface area contributed by atoms with Crippen LogP contribution >= 0.6 is 11.3 Å². The molecule has 1 aromatic heterocycles. The third-order valence-corrected chi connectivity index (χ3v) is 3.58. The van der Waals surface area contributed by atoms with Crippen molar-refractivity contribution in [1.82, 2.24) is 10.3 Å². The molecule has 3 N–H and O–H groups in total. The van der Waals surface area contributed by atoms with Crippen LogP contribution in [0.3, 0.4) is 0 Å². The fourth-order valence-electron chi connectivity index (χ4n) is 1.40. The smallest absolute Gasteiger partial charge is 0.238 e. The van der Waals surface area contributed by atoms with Gasteiger partial charge in [-0.3, -0.25) is 4.79 Å². The van der Waals surface area contributed by atoms with Crippen LogP contribution in [0.15, 0.2) is 11.6 Å². The molecule has 1 unspecified atom stereocenters. The van der Waals surface area contributed by atoms with Crippen molar-refractivity contribution in [2.75, 3.05) is 0 Å². The Labute approximate surface area is 107 Å². The Kier molecular flexibility index (Phi) is 4.65.